The first-order valence-corrected chi connectivity index (χ1v) is 7.54. The smallest absolute Gasteiger partial charge is 0.127 e. The first-order chi connectivity index (χ1) is 8.27. The molecule has 1 fully saturated rings. The molecule has 1 aromatic heterocycles. The van der Waals surface area contributed by atoms with Crippen molar-refractivity contribution in [2.45, 2.75) is 51.0 Å². The molecule has 0 saturated carbocycles. The van der Waals surface area contributed by atoms with E-state index in [0.717, 1.165) is 17.7 Å². The van der Waals surface area contributed by atoms with Gasteiger partial charge >= 0.3 is 0 Å². The molecule has 0 spiro atoms. The number of nitrogens with one attached hydrogen (secondary N) is 1. The summed E-state index contributed by atoms with van der Waals surface area (Å²) in [5.41, 5.74) is 1.43. The van der Waals surface area contributed by atoms with E-state index in [1.54, 1.807) is 0 Å². The summed E-state index contributed by atoms with van der Waals surface area (Å²) in [4.78, 5) is 4.82. The Bertz CT molecular complexity index is 407. The van der Waals surface area contributed by atoms with Crippen molar-refractivity contribution >= 4 is 15.9 Å². The van der Waals surface area contributed by atoms with Gasteiger partial charge in [-0.25, -0.2) is 4.98 Å². The van der Waals surface area contributed by atoms with E-state index in [9.17, 15) is 0 Å². The van der Waals surface area contributed by atoms with Crippen LogP contribution >= 0.6 is 15.9 Å². The third-order valence-electron chi connectivity index (χ3n) is 4.17. The molecule has 0 aromatic carbocycles. The SMILES string of the molecule is CC1CCCc2c(Br)nc(C3CCNCC3)n21. The molecule has 3 nitrogen and oxygen atoms in total. The topological polar surface area (TPSA) is 29.9 Å². The van der Waals surface area contributed by atoms with Crippen LogP contribution in [0.15, 0.2) is 4.60 Å². The molecule has 1 unspecified atom stereocenters. The van der Waals surface area contributed by atoms with Crippen LogP contribution < -0.4 is 5.32 Å². The Morgan fingerprint density at radius 1 is 1.29 bits per heavy atom. The predicted octanol–water partition coefficient (Wildman–Crippen LogP) is 3.01. The molecule has 1 aromatic rings. The highest BCUT2D eigenvalue weighted by atomic mass is 79.9. The predicted molar refractivity (Wildman–Crippen MR) is 72.4 cm³/mol. The summed E-state index contributed by atoms with van der Waals surface area (Å²) in [5.74, 6) is 1.99. The lowest BCUT2D eigenvalue weighted by Gasteiger charge is -2.28. The van der Waals surface area contributed by atoms with E-state index in [0.29, 0.717) is 12.0 Å². The van der Waals surface area contributed by atoms with E-state index in [2.05, 4.69) is 32.7 Å². The van der Waals surface area contributed by atoms with Crippen LogP contribution in [-0.2, 0) is 6.42 Å². The van der Waals surface area contributed by atoms with Crippen LogP contribution in [0.2, 0.25) is 0 Å². The molecule has 3 rings (SSSR count). The van der Waals surface area contributed by atoms with Crippen LogP contribution in [0.5, 0.6) is 0 Å². The summed E-state index contributed by atoms with van der Waals surface area (Å²) in [6.45, 7) is 4.61. The lowest BCUT2D eigenvalue weighted by molar-refractivity contribution is 0.377. The number of halogens is 1. The standard InChI is InChI=1S/C13H20BrN3/c1-9-3-2-4-11-12(14)16-13(17(9)11)10-5-7-15-8-6-10/h9-10,15H,2-8H2,1H3. The zero-order chi connectivity index (χ0) is 11.8. The molecule has 2 aliphatic rings. The van der Waals surface area contributed by atoms with E-state index in [4.69, 9.17) is 4.98 Å². The summed E-state index contributed by atoms with van der Waals surface area (Å²) >= 11 is 3.65. The van der Waals surface area contributed by atoms with Gasteiger partial charge in [-0.2, -0.15) is 0 Å². The van der Waals surface area contributed by atoms with Crippen molar-refractivity contribution in [2.75, 3.05) is 13.1 Å². The van der Waals surface area contributed by atoms with Crippen molar-refractivity contribution < 1.29 is 0 Å². The molecule has 1 atom stereocenters. The van der Waals surface area contributed by atoms with E-state index in [1.807, 2.05) is 0 Å². The lowest BCUT2D eigenvalue weighted by Crippen LogP contribution is -2.29. The summed E-state index contributed by atoms with van der Waals surface area (Å²) in [7, 11) is 0. The normalized spacial score (nSPS) is 25.9. The number of hydrogen-bond donors (Lipinski definition) is 1. The minimum atomic E-state index is 0.627. The molecule has 1 saturated heterocycles. The first-order valence-electron chi connectivity index (χ1n) is 6.74. The van der Waals surface area contributed by atoms with Gasteiger partial charge in [-0.1, -0.05) is 0 Å². The van der Waals surface area contributed by atoms with Crippen LogP contribution in [0.4, 0.5) is 0 Å². The van der Waals surface area contributed by atoms with E-state index in [1.165, 1.54) is 43.6 Å². The molecule has 94 valence electrons. The molecule has 0 bridgehead atoms. The van der Waals surface area contributed by atoms with Gasteiger partial charge in [0.15, 0.2) is 0 Å². The van der Waals surface area contributed by atoms with Crippen molar-refractivity contribution in [1.29, 1.82) is 0 Å². The molecular weight excluding hydrogens is 278 g/mol. The van der Waals surface area contributed by atoms with Crippen LogP contribution in [-0.4, -0.2) is 22.6 Å². The van der Waals surface area contributed by atoms with Crippen molar-refractivity contribution in [3.63, 3.8) is 0 Å². The molecule has 3 heterocycles. The molecule has 0 aliphatic carbocycles. The quantitative estimate of drug-likeness (QED) is 0.863. The van der Waals surface area contributed by atoms with E-state index in [-0.39, 0.29) is 0 Å². The Balaban J connectivity index is 1.98. The highest BCUT2D eigenvalue weighted by molar-refractivity contribution is 9.10. The molecule has 4 heteroatoms. The van der Waals surface area contributed by atoms with Gasteiger partial charge in [0.1, 0.15) is 10.4 Å². The zero-order valence-corrected chi connectivity index (χ0v) is 12.0. The molecule has 0 amide bonds. The molecule has 17 heavy (non-hydrogen) atoms. The van der Waals surface area contributed by atoms with Gasteiger partial charge in [-0.3, -0.25) is 0 Å². The second-order valence-electron chi connectivity index (χ2n) is 5.34. The fourth-order valence-electron chi connectivity index (χ4n) is 3.23. The monoisotopic (exact) mass is 297 g/mol. The third kappa shape index (κ3) is 2.06. The van der Waals surface area contributed by atoms with Gasteiger partial charge < -0.3 is 9.88 Å². The van der Waals surface area contributed by atoms with Gasteiger partial charge in [0.2, 0.25) is 0 Å². The average Bonchev–Trinajstić information content (AvgIpc) is 2.70. The first kappa shape index (κ1) is 11.7. The Labute approximate surface area is 111 Å². The van der Waals surface area contributed by atoms with Crippen LogP contribution in [0.3, 0.4) is 0 Å². The third-order valence-corrected chi connectivity index (χ3v) is 4.80. The Kier molecular flexibility index (Phi) is 3.26. The Hall–Kier alpha value is -0.350. The van der Waals surface area contributed by atoms with Crippen LogP contribution in [0.1, 0.15) is 56.1 Å². The molecule has 1 N–H and O–H groups in total. The minimum absolute atomic E-state index is 0.627. The summed E-state index contributed by atoms with van der Waals surface area (Å²) in [5, 5.41) is 3.43. The summed E-state index contributed by atoms with van der Waals surface area (Å²) in [6.07, 6.45) is 6.25. The summed E-state index contributed by atoms with van der Waals surface area (Å²) in [6, 6.07) is 0.627. The highest BCUT2D eigenvalue weighted by Crippen LogP contribution is 2.36. The number of hydrogen-bond acceptors (Lipinski definition) is 2. The number of fused-ring (bicyclic) bond motifs is 1. The van der Waals surface area contributed by atoms with Gasteiger partial charge in [0.05, 0.1) is 5.69 Å². The second-order valence-corrected chi connectivity index (χ2v) is 6.09. The minimum Gasteiger partial charge on any atom is -0.328 e. The molecule has 0 radical (unpaired) electrons. The van der Waals surface area contributed by atoms with Crippen molar-refractivity contribution in [3.05, 3.63) is 16.1 Å². The van der Waals surface area contributed by atoms with Crippen molar-refractivity contribution in [1.82, 2.24) is 14.9 Å². The zero-order valence-electron chi connectivity index (χ0n) is 10.4. The van der Waals surface area contributed by atoms with Gasteiger partial charge in [-0.05, 0) is 68.0 Å². The van der Waals surface area contributed by atoms with E-state index >= 15 is 0 Å². The maximum atomic E-state index is 4.82. The average molecular weight is 298 g/mol. The number of aromatic nitrogens is 2. The molecular formula is C13H20BrN3. The maximum absolute atomic E-state index is 4.82. The number of imidazole rings is 1. The lowest BCUT2D eigenvalue weighted by atomic mass is 9.96. The molecule has 2 aliphatic heterocycles. The van der Waals surface area contributed by atoms with Gasteiger partial charge in [0, 0.05) is 12.0 Å². The fraction of sp³-hybridized carbons (Fsp3) is 0.769. The van der Waals surface area contributed by atoms with Crippen molar-refractivity contribution in [3.8, 4) is 0 Å². The Morgan fingerprint density at radius 2 is 2.06 bits per heavy atom. The number of nitrogens with zero attached hydrogens (tertiary/aromatic N) is 2. The number of piperidine rings is 1. The highest BCUT2D eigenvalue weighted by Gasteiger charge is 2.28. The van der Waals surface area contributed by atoms with Gasteiger partial charge in [-0.15, -0.1) is 0 Å². The summed E-state index contributed by atoms with van der Waals surface area (Å²) < 4.78 is 3.61. The van der Waals surface area contributed by atoms with Gasteiger partial charge in [0.25, 0.3) is 0 Å². The van der Waals surface area contributed by atoms with Crippen LogP contribution in [0.25, 0.3) is 0 Å². The number of rotatable bonds is 1. The van der Waals surface area contributed by atoms with E-state index < -0.39 is 0 Å². The maximum Gasteiger partial charge on any atom is 0.127 e. The Morgan fingerprint density at radius 3 is 2.82 bits per heavy atom. The van der Waals surface area contributed by atoms with Crippen molar-refractivity contribution in [2.24, 2.45) is 0 Å². The second kappa shape index (κ2) is 4.73. The fourth-order valence-corrected chi connectivity index (χ4v) is 3.81. The van der Waals surface area contributed by atoms with Crippen LogP contribution in [0, 0.1) is 0 Å². The largest absolute Gasteiger partial charge is 0.328 e.